The van der Waals surface area contributed by atoms with Gasteiger partial charge in [0.15, 0.2) is 0 Å². The number of hydrogen-bond acceptors (Lipinski definition) is 3. The van der Waals surface area contributed by atoms with Crippen LogP contribution in [0.25, 0.3) is 0 Å². The van der Waals surface area contributed by atoms with Crippen LogP contribution in [0.15, 0.2) is 4.52 Å². The van der Waals surface area contributed by atoms with Crippen LogP contribution in [-0.2, 0) is 12.8 Å². The molecule has 0 saturated heterocycles. The van der Waals surface area contributed by atoms with Gasteiger partial charge >= 0.3 is 0 Å². The van der Waals surface area contributed by atoms with E-state index in [1.807, 2.05) is 0 Å². The first-order valence-corrected chi connectivity index (χ1v) is 4.91. The second kappa shape index (κ2) is 4.30. The molecule has 0 radical (unpaired) electrons. The molecule has 3 heteroatoms. The van der Waals surface area contributed by atoms with Crippen molar-refractivity contribution >= 4 is 5.88 Å². The summed E-state index contributed by atoms with van der Waals surface area (Å²) >= 11 is 0. The van der Waals surface area contributed by atoms with Gasteiger partial charge in [0.1, 0.15) is 0 Å². The maximum absolute atomic E-state index is 5.64. The zero-order valence-electron chi connectivity index (χ0n) is 8.63. The van der Waals surface area contributed by atoms with Gasteiger partial charge in [0.2, 0.25) is 5.88 Å². The van der Waals surface area contributed by atoms with Crippen molar-refractivity contribution in [2.75, 3.05) is 5.73 Å². The third-order valence-corrected chi connectivity index (χ3v) is 2.49. The van der Waals surface area contributed by atoms with E-state index in [1.54, 1.807) is 0 Å². The molecular formula is C10H18N2O. The highest BCUT2D eigenvalue weighted by Crippen LogP contribution is 2.20. The smallest absolute Gasteiger partial charge is 0.225 e. The Hall–Kier alpha value is -0.990. The van der Waals surface area contributed by atoms with Crippen LogP contribution in [0.1, 0.15) is 38.4 Å². The SMILES string of the molecule is CCc1c(CC(C)CC)noc1N. The first kappa shape index (κ1) is 10.1. The van der Waals surface area contributed by atoms with Gasteiger partial charge in [-0.2, -0.15) is 0 Å². The van der Waals surface area contributed by atoms with Crippen LogP contribution in [0.4, 0.5) is 5.88 Å². The van der Waals surface area contributed by atoms with E-state index in [0.29, 0.717) is 11.8 Å². The molecule has 0 bridgehead atoms. The Morgan fingerprint density at radius 2 is 2.15 bits per heavy atom. The Morgan fingerprint density at radius 1 is 1.46 bits per heavy atom. The van der Waals surface area contributed by atoms with E-state index in [0.717, 1.165) is 30.5 Å². The summed E-state index contributed by atoms with van der Waals surface area (Å²) in [5.41, 5.74) is 7.76. The van der Waals surface area contributed by atoms with Gasteiger partial charge in [0.05, 0.1) is 5.69 Å². The molecule has 1 atom stereocenters. The van der Waals surface area contributed by atoms with Gasteiger partial charge < -0.3 is 10.3 Å². The van der Waals surface area contributed by atoms with Gasteiger partial charge in [0, 0.05) is 5.56 Å². The van der Waals surface area contributed by atoms with Gasteiger partial charge in [-0.15, -0.1) is 0 Å². The van der Waals surface area contributed by atoms with E-state index in [9.17, 15) is 0 Å². The van der Waals surface area contributed by atoms with Crippen molar-refractivity contribution in [2.45, 2.75) is 40.0 Å². The second-order valence-electron chi connectivity index (χ2n) is 3.54. The summed E-state index contributed by atoms with van der Waals surface area (Å²) in [7, 11) is 0. The van der Waals surface area contributed by atoms with Crippen LogP contribution in [0.3, 0.4) is 0 Å². The van der Waals surface area contributed by atoms with Gasteiger partial charge in [-0.25, -0.2) is 0 Å². The van der Waals surface area contributed by atoms with Crippen LogP contribution in [0.5, 0.6) is 0 Å². The second-order valence-corrected chi connectivity index (χ2v) is 3.54. The molecular weight excluding hydrogens is 164 g/mol. The van der Waals surface area contributed by atoms with Crippen molar-refractivity contribution in [3.8, 4) is 0 Å². The van der Waals surface area contributed by atoms with Crippen molar-refractivity contribution in [2.24, 2.45) is 5.92 Å². The van der Waals surface area contributed by atoms with E-state index in [2.05, 4.69) is 25.9 Å². The first-order valence-electron chi connectivity index (χ1n) is 4.91. The molecule has 0 amide bonds. The molecule has 0 aliphatic heterocycles. The zero-order chi connectivity index (χ0) is 9.84. The summed E-state index contributed by atoms with van der Waals surface area (Å²) in [5.74, 6) is 1.13. The maximum atomic E-state index is 5.64. The Kier molecular flexibility index (Phi) is 3.34. The van der Waals surface area contributed by atoms with Crippen molar-refractivity contribution in [3.63, 3.8) is 0 Å². The lowest BCUT2D eigenvalue weighted by Gasteiger charge is -2.05. The molecule has 0 aromatic carbocycles. The number of rotatable bonds is 4. The summed E-state index contributed by atoms with van der Waals surface area (Å²) in [6.45, 7) is 6.47. The molecule has 74 valence electrons. The van der Waals surface area contributed by atoms with Gasteiger partial charge in [-0.1, -0.05) is 32.3 Å². The van der Waals surface area contributed by atoms with Gasteiger partial charge in [-0.3, -0.25) is 0 Å². The molecule has 1 aromatic heterocycles. The van der Waals surface area contributed by atoms with Crippen LogP contribution in [-0.4, -0.2) is 5.16 Å². The number of nitrogens with zero attached hydrogens (tertiary/aromatic N) is 1. The van der Waals surface area contributed by atoms with Crippen LogP contribution in [0.2, 0.25) is 0 Å². The Labute approximate surface area is 79.3 Å². The normalized spacial score (nSPS) is 13.2. The van der Waals surface area contributed by atoms with Crippen molar-refractivity contribution in [1.82, 2.24) is 5.16 Å². The van der Waals surface area contributed by atoms with Crippen molar-refractivity contribution in [1.29, 1.82) is 0 Å². The number of nitrogen functional groups attached to an aromatic ring is 1. The highest BCUT2D eigenvalue weighted by atomic mass is 16.5. The first-order chi connectivity index (χ1) is 6.19. The highest BCUT2D eigenvalue weighted by Gasteiger charge is 2.13. The summed E-state index contributed by atoms with van der Waals surface area (Å²) < 4.78 is 4.96. The molecule has 1 aromatic rings. The van der Waals surface area contributed by atoms with Crippen molar-refractivity contribution in [3.05, 3.63) is 11.3 Å². The summed E-state index contributed by atoms with van der Waals surface area (Å²) in [4.78, 5) is 0. The summed E-state index contributed by atoms with van der Waals surface area (Å²) in [5, 5.41) is 3.97. The van der Waals surface area contributed by atoms with Gasteiger partial charge in [0.25, 0.3) is 0 Å². The van der Waals surface area contributed by atoms with E-state index in [-0.39, 0.29) is 0 Å². The molecule has 1 unspecified atom stereocenters. The molecule has 0 fully saturated rings. The van der Waals surface area contributed by atoms with E-state index in [1.165, 1.54) is 0 Å². The predicted octanol–water partition coefficient (Wildman–Crippen LogP) is 2.41. The van der Waals surface area contributed by atoms with Gasteiger partial charge in [-0.05, 0) is 18.8 Å². The fourth-order valence-corrected chi connectivity index (χ4v) is 1.37. The number of aromatic nitrogens is 1. The topological polar surface area (TPSA) is 52.0 Å². The predicted molar refractivity (Wildman–Crippen MR) is 53.5 cm³/mol. The average molecular weight is 182 g/mol. The largest absolute Gasteiger partial charge is 0.367 e. The lowest BCUT2D eigenvalue weighted by atomic mass is 10.00. The van der Waals surface area contributed by atoms with E-state index < -0.39 is 0 Å². The van der Waals surface area contributed by atoms with Crippen LogP contribution >= 0.6 is 0 Å². The molecule has 1 rings (SSSR count). The quantitative estimate of drug-likeness (QED) is 0.778. The third-order valence-electron chi connectivity index (χ3n) is 2.49. The molecule has 13 heavy (non-hydrogen) atoms. The monoisotopic (exact) mass is 182 g/mol. The molecule has 0 saturated carbocycles. The summed E-state index contributed by atoms with van der Waals surface area (Å²) in [6, 6.07) is 0. The molecule has 2 N–H and O–H groups in total. The summed E-state index contributed by atoms with van der Waals surface area (Å²) in [6.07, 6.45) is 3.04. The lowest BCUT2D eigenvalue weighted by molar-refractivity contribution is 0.418. The Morgan fingerprint density at radius 3 is 2.69 bits per heavy atom. The fraction of sp³-hybridized carbons (Fsp3) is 0.700. The molecule has 0 aliphatic carbocycles. The minimum absolute atomic E-state index is 0.487. The number of hydrogen-bond donors (Lipinski definition) is 1. The minimum atomic E-state index is 0.487. The number of anilines is 1. The fourth-order valence-electron chi connectivity index (χ4n) is 1.37. The van der Waals surface area contributed by atoms with Crippen LogP contribution in [0, 0.1) is 5.92 Å². The molecule has 0 aliphatic rings. The Balaban J connectivity index is 2.76. The maximum Gasteiger partial charge on any atom is 0.225 e. The molecule has 3 nitrogen and oxygen atoms in total. The van der Waals surface area contributed by atoms with E-state index >= 15 is 0 Å². The standard InChI is InChI=1S/C10H18N2O/c1-4-7(3)6-9-8(5-2)10(11)13-12-9/h7H,4-6,11H2,1-3H3. The van der Waals surface area contributed by atoms with E-state index in [4.69, 9.17) is 10.3 Å². The average Bonchev–Trinajstić information content (AvgIpc) is 2.46. The zero-order valence-corrected chi connectivity index (χ0v) is 8.63. The lowest BCUT2D eigenvalue weighted by Crippen LogP contribution is -2.01. The van der Waals surface area contributed by atoms with Crippen LogP contribution < -0.4 is 5.73 Å². The minimum Gasteiger partial charge on any atom is -0.367 e. The third kappa shape index (κ3) is 2.23. The highest BCUT2D eigenvalue weighted by molar-refractivity contribution is 5.38. The Bertz CT molecular complexity index is 268. The molecule has 0 spiro atoms. The number of nitrogens with two attached hydrogens (primary N) is 1. The van der Waals surface area contributed by atoms with Crippen molar-refractivity contribution < 1.29 is 4.52 Å². The molecule has 1 heterocycles.